The second kappa shape index (κ2) is 31.3. The molecule has 6 heteroatoms. The number of fused-ring (bicyclic) bond motifs is 8. The Labute approximate surface area is 677 Å². The number of benzene rings is 21. The van der Waals surface area contributed by atoms with Crippen LogP contribution in [0.25, 0.3) is 97.0 Å². The molecule has 116 heavy (non-hydrogen) atoms. The highest BCUT2D eigenvalue weighted by Gasteiger charge is 2.22. The molecule has 0 amide bonds. The van der Waals surface area contributed by atoms with Gasteiger partial charge < -0.3 is 29.4 Å². The van der Waals surface area contributed by atoms with Crippen LogP contribution in [0, 0.1) is 6.92 Å². The Kier molecular flexibility index (Phi) is 19.2. The highest BCUT2D eigenvalue weighted by Crippen LogP contribution is 2.47. The summed E-state index contributed by atoms with van der Waals surface area (Å²) in [6, 6.07) is 157. The van der Waals surface area contributed by atoms with Crippen LogP contribution in [0.3, 0.4) is 0 Å². The number of hydrogen-bond acceptors (Lipinski definition) is 6. The summed E-state index contributed by atoms with van der Waals surface area (Å²) in [5.41, 5.74) is 18.5. The van der Waals surface area contributed by atoms with Crippen molar-refractivity contribution >= 4 is 182 Å². The summed E-state index contributed by atoms with van der Waals surface area (Å²) in [7, 11) is 6.45. The third kappa shape index (κ3) is 13.9. The number of hydrogen-bond donors (Lipinski definition) is 0. The minimum absolute atomic E-state index is 1.12. The summed E-state index contributed by atoms with van der Waals surface area (Å²) in [6.07, 6.45) is 0. The van der Waals surface area contributed by atoms with Gasteiger partial charge in [-0.25, -0.2) is 0 Å². The maximum Gasteiger partial charge on any atom is 0.0494 e. The van der Waals surface area contributed by atoms with Gasteiger partial charge in [0, 0.05) is 117 Å². The fourth-order valence-electron chi connectivity index (χ4n) is 17.0. The van der Waals surface area contributed by atoms with Crippen molar-refractivity contribution in [1.29, 1.82) is 0 Å². The summed E-state index contributed by atoms with van der Waals surface area (Å²) in [5, 5.41) is 23.0. The Bertz CT molecular complexity index is 7040. The van der Waals surface area contributed by atoms with E-state index in [-0.39, 0.29) is 0 Å². The first-order chi connectivity index (χ1) is 57.2. The van der Waals surface area contributed by atoms with Gasteiger partial charge in [0.15, 0.2) is 0 Å². The SMILES string of the molecule is CN(c1ccc(N(c2ccccc2)c2ccc3ccccc3c2)cc1)c1cc2ccccc2c2ccccc12.CN(c1ccc(N(c2ccccc2)c2ccc3ccccc3c2)cc1)c1ccc2c3cccc4cccc(c5cccc1c52)c43.Cc1cccc(N(C)c2ccc(N(c3ccccc3)c3ccc4ccccc4c3)cc2)c1. The van der Waals surface area contributed by atoms with E-state index in [1.165, 1.54) is 120 Å². The van der Waals surface area contributed by atoms with Crippen LogP contribution in [0.5, 0.6) is 0 Å². The average molecular weight is 1490 g/mol. The van der Waals surface area contributed by atoms with Gasteiger partial charge >= 0.3 is 0 Å². The molecular weight excluding hydrogens is 1410 g/mol. The van der Waals surface area contributed by atoms with Crippen molar-refractivity contribution in [1.82, 2.24) is 0 Å². The molecule has 0 atom stereocenters. The smallest absolute Gasteiger partial charge is 0.0494 e. The lowest BCUT2D eigenvalue weighted by Crippen LogP contribution is -2.12. The predicted octanol–water partition coefficient (Wildman–Crippen LogP) is 30.9. The van der Waals surface area contributed by atoms with E-state index < -0.39 is 0 Å². The van der Waals surface area contributed by atoms with Crippen LogP contribution in [0.2, 0.25) is 0 Å². The first-order valence-corrected chi connectivity index (χ1v) is 39.8. The van der Waals surface area contributed by atoms with Crippen molar-refractivity contribution in [2.45, 2.75) is 6.92 Å². The number of rotatable bonds is 15. The molecule has 0 saturated heterocycles. The van der Waals surface area contributed by atoms with E-state index in [1.54, 1.807) is 0 Å². The van der Waals surface area contributed by atoms with Crippen LogP contribution in [-0.4, -0.2) is 21.1 Å². The Morgan fingerprint density at radius 3 is 0.905 bits per heavy atom. The molecule has 0 aromatic heterocycles. The zero-order valence-corrected chi connectivity index (χ0v) is 65.3. The first-order valence-electron chi connectivity index (χ1n) is 39.8. The third-order valence-corrected chi connectivity index (χ3v) is 22.9. The molecule has 0 spiro atoms. The van der Waals surface area contributed by atoms with Crippen LogP contribution in [0.1, 0.15) is 5.56 Å². The summed E-state index contributed by atoms with van der Waals surface area (Å²) in [6.45, 7) is 2.13. The second-order valence-corrected chi connectivity index (χ2v) is 29.9. The fraction of sp³-hybridized carbons (Fsp3) is 0.0364. The standard InChI is InChI=1S/C43H30N2.C37H28N2.C30H26N2/c1-44(41-27-26-39-37-17-8-13-30-12-7-16-36(42(30)37)38-18-9-19-40(41)43(38)39)32-22-24-34(25-23-32)45(33-14-3-2-4-15-33)35-21-20-29-10-5-6-11-31(29)28-35;1-38(37-26-29-13-7-8-16-34(29)35-17-9-10-18-36(35)37)30-21-23-32(24-22-30)39(31-14-3-2-4-15-31)33-20-19-27-11-5-6-12-28(27)25-33;1-23-9-8-14-29(21-23)31(2)26-17-19-28(20-18-26)32(27-12-4-3-5-13-27)30-16-15-24-10-6-7-11-25(24)22-30/h2-28H,1H3;2-26H,1H3;3-22H,1-2H3. The van der Waals surface area contributed by atoms with Crippen molar-refractivity contribution in [2.75, 3.05) is 50.5 Å². The first kappa shape index (κ1) is 71.3. The van der Waals surface area contributed by atoms with E-state index in [1.807, 2.05) is 0 Å². The van der Waals surface area contributed by atoms with E-state index in [4.69, 9.17) is 0 Å². The minimum Gasteiger partial charge on any atom is -0.345 e. The second-order valence-electron chi connectivity index (χ2n) is 29.9. The molecule has 0 aliphatic heterocycles. The molecule has 0 radical (unpaired) electrons. The van der Waals surface area contributed by atoms with E-state index >= 15 is 0 Å². The van der Waals surface area contributed by atoms with Gasteiger partial charge in [-0.3, -0.25) is 0 Å². The lowest BCUT2D eigenvalue weighted by Gasteiger charge is -2.27. The monoisotopic (exact) mass is 1490 g/mol. The molecule has 0 bridgehead atoms. The molecule has 21 rings (SSSR count). The van der Waals surface area contributed by atoms with E-state index in [9.17, 15) is 0 Å². The van der Waals surface area contributed by atoms with Crippen molar-refractivity contribution in [3.63, 3.8) is 0 Å². The number of nitrogens with zero attached hydrogens (tertiary/aromatic N) is 6. The van der Waals surface area contributed by atoms with Crippen molar-refractivity contribution in [3.05, 3.63) is 442 Å². The molecule has 0 saturated carbocycles. The van der Waals surface area contributed by atoms with Crippen molar-refractivity contribution in [2.24, 2.45) is 0 Å². The van der Waals surface area contributed by atoms with Gasteiger partial charge in [-0.2, -0.15) is 0 Å². The molecule has 0 aliphatic carbocycles. The molecular formula is C110H84N6. The molecule has 0 aliphatic rings. The summed E-state index contributed by atoms with van der Waals surface area (Å²) >= 11 is 0. The third-order valence-electron chi connectivity index (χ3n) is 22.9. The summed E-state index contributed by atoms with van der Waals surface area (Å²) in [4.78, 5) is 13.8. The predicted molar refractivity (Wildman–Crippen MR) is 500 cm³/mol. The molecule has 21 aromatic carbocycles. The number of aryl methyl sites for hydroxylation is 1. The lowest BCUT2D eigenvalue weighted by molar-refractivity contribution is 1.20. The molecule has 554 valence electrons. The van der Waals surface area contributed by atoms with Crippen LogP contribution in [0.15, 0.2) is 437 Å². The molecule has 0 unspecified atom stereocenters. The van der Waals surface area contributed by atoms with E-state index in [0.29, 0.717) is 0 Å². The Hall–Kier alpha value is -15.0. The highest BCUT2D eigenvalue weighted by atomic mass is 15.2. The fourth-order valence-corrected chi connectivity index (χ4v) is 17.0. The molecule has 21 aromatic rings. The van der Waals surface area contributed by atoms with Crippen LogP contribution in [-0.2, 0) is 0 Å². The molecule has 0 N–H and O–H groups in total. The van der Waals surface area contributed by atoms with Gasteiger partial charge in [-0.1, -0.05) is 267 Å². The van der Waals surface area contributed by atoms with Crippen molar-refractivity contribution in [3.8, 4) is 0 Å². The maximum atomic E-state index is 2.33. The van der Waals surface area contributed by atoms with E-state index in [2.05, 4.69) is 494 Å². The maximum absolute atomic E-state index is 2.33. The largest absolute Gasteiger partial charge is 0.345 e. The van der Waals surface area contributed by atoms with Crippen LogP contribution in [0.4, 0.5) is 85.3 Å². The topological polar surface area (TPSA) is 19.4 Å². The zero-order chi connectivity index (χ0) is 78.0. The summed E-state index contributed by atoms with van der Waals surface area (Å²) in [5.74, 6) is 0. The Morgan fingerprint density at radius 2 is 0.448 bits per heavy atom. The number of anilines is 15. The van der Waals surface area contributed by atoms with Gasteiger partial charge in [0.05, 0.1) is 0 Å². The summed E-state index contributed by atoms with van der Waals surface area (Å²) < 4.78 is 0. The Morgan fingerprint density at radius 1 is 0.147 bits per heavy atom. The quantitative estimate of drug-likeness (QED) is 0.0747. The normalized spacial score (nSPS) is 11.3. The van der Waals surface area contributed by atoms with E-state index in [0.717, 1.165) is 68.2 Å². The van der Waals surface area contributed by atoms with Gasteiger partial charge in [-0.05, 0) is 269 Å². The lowest BCUT2D eigenvalue weighted by atomic mass is 9.89. The highest BCUT2D eigenvalue weighted by molar-refractivity contribution is 6.34. The molecule has 0 heterocycles. The van der Waals surface area contributed by atoms with Gasteiger partial charge in [0.25, 0.3) is 0 Å². The van der Waals surface area contributed by atoms with Gasteiger partial charge in [-0.15, -0.1) is 0 Å². The average Bonchev–Trinajstić information content (AvgIpc) is 0.717. The van der Waals surface area contributed by atoms with Crippen LogP contribution >= 0.6 is 0 Å². The Balaban J connectivity index is 0.000000118. The van der Waals surface area contributed by atoms with Crippen molar-refractivity contribution < 1.29 is 0 Å². The minimum atomic E-state index is 1.12. The zero-order valence-electron chi connectivity index (χ0n) is 65.3. The molecule has 6 nitrogen and oxygen atoms in total. The molecule has 0 fully saturated rings. The van der Waals surface area contributed by atoms with Gasteiger partial charge in [0.2, 0.25) is 0 Å². The van der Waals surface area contributed by atoms with Crippen LogP contribution < -0.4 is 29.4 Å². The van der Waals surface area contributed by atoms with Gasteiger partial charge in [0.1, 0.15) is 0 Å². The number of para-hydroxylation sites is 3.